The zero-order valence-corrected chi connectivity index (χ0v) is 22.7. The predicted molar refractivity (Wildman–Crippen MR) is 143 cm³/mol. The van der Waals surface area contributed by atoms with Crippen molar-refractivity contribution in [2.75, 3.05) is 38.1 Å². The SMILES string of the molecule is CCOC(=O)c1c(NC(=O)COc2ccc(Cl)cc2Cl)sc(C(=O)Nc2cc(OC)ccc2OC)c1C. The quantitative estimate of drug-likeness (QED) is 0.297. The average Bonchev–Trinajstić information content (AvgIpc) is 3.19. The van der Waals surface area contributed by atoms with Crippen LogP contribution in [-0.2, 0) is 9.53 Å². The second kappa shape index (κ2) is 12.7. The fourth-order valence-corrected chi connectivity index (χ4v) is 4.83. The Balaban J connectivity index is 1.85. The molecule has 1 aromatic heterocycles. The first-order chi connectivity index (χ1) is 17.7. The highest BCUT2D eigenvalue weighted by Gasteiger charge is 2.27. The minimum atomic E-state index is -0.675. The Kier molecular flexibility index (Phi) is 9.62. The Morgan fingerprint density at radius 2 is 1.70 bits per heavy atom. The fourth-order valence-electron chi connectivity index (χ4n) is 3.26. The third kappa shape index (κ3) is 6.85. The van der Waals surface area contributed by atoms with Gasteiger partial charge in [0.2, 0.25) is 0 Å². The van der Waals surface area contributed by atoms with Crippen LogP contribution in [0.15, 0.2) is 36.4 Å². The average molecular weight is 567 g/mol. The fraction of sp³-hybridized carbons (Fsp3) is 0.240. The lowest BCUT2D eigenvalue weighted by molar-refractivity contribution is -0.118. The Morgan fingerprint density at radius 1 is 0.973 bits per heavy atom. The number of methoxy groups -OCH3 is 2. The van der Waals surface area contributed by atoms with E-state index in [1.54, 1.807) is 38.1 Å². The van der Waals surface area contributed by atoms with Gasteiger partial charge in [0.1, 0.15) is 22.2 Å². The molecule has 0 aliphatic rings. The summed E-state index contributed by atoms with van der Waals surface area (Å²) in [6.45, 7) is 2.97. The first kappa shape index (κ1) is 28.1. The van der Waals surface area contributed by atoms with Gasteiger partial charge in [0.15, 0.2) is 6.61 Å². The lowest BCUT2D eigenvalue weighted by atomic mass is 10.1. The molecular formula is C25H24Cl2N2O7S. The summed E-state index contributed by atoms with van der Waals surface area (Å²) < 4.78 is 21.2. The van der Waals surface area contributed by atoms with Crippen molar-refractivity contribution in [1.29, 1.82) is 0 Å². The molecule has 3 aromatic rings. The summed E-state index contributed by atoms with van der Waals surface area (Å²) in [5, 5.41) is 6.21. The van der Waals surface area contributed by atoms with Crippen LogP contribution in [0, 0.1) is 6.92 Å². The van der Waals surface area contributed by atoms with Crippen LogP contribution in [0.25, 0.3) is 0 Å². The summed E-state index contributed by atoms with van der Waals surface area (Å²) in [7, 11) is 2.97. The van der Waals surface area contributed by atoms with Gasteiger partial charge in [0, 0.05) is 11.1 Å². The molecule has 1 heterocycles. The Bertz CT molecular complexity index is 1330. The molecule has 0 fully saturated rings. The minimum Gasteiger partial charge on any atom is -0.497 e. The van der Waals surface area contributed by atoms with Crippen molar-refractivity contribution in [2.24, 2.45) is 0 Å². The molecule has 3 rings (SSSR count). The number of esters is 1. The maximum atomic E-state index is 13.2. The van der Waals surface area contributed by atoms with Crippen molar-refractivity contribution >= 4 is 63.0 Å². The number of hydrogen-bond donors (Lipinski definition) is 2. The number of ether oxygens (including phenoxy) is 4. The van der Waals surface area contributed by atoms with Crippen molar-refractivity contribution in [3.63, 3.8) is 0 Å². The predicted octanol–water partition coefficient (Wildman–Crippen LogP) is 5.83. The number of nitrogens with one attached hydrogen (secondary N) is 2. The van der Waals surface area contributed by atoms with Gasteiger partial charge in [-0.2, -0.15) is 0 Å². The van der Waals surface area contributed by atoms with Crippen LogP contribution >= 0.6 is 34.5 Å². The molecular weight excluding hydrogens is 543 g/mol. The molecule has 9 nitrogen and oxygen atoms in total. The summed E-state index contributed by atoms with van der Waals surface area (Å²) >= 11 is 12.9. The van der Waals surface area contributed by atoms with Crippen LogP contribution in [0.5, 0.6) is 17.2 Å². The van der Waals surface area contributed by atoms with E-state index in [9.17, 15) is 14.4 Å². The molecule has 0 aliphatic heterocycles. The molecule has 0 unspecified atom stereocenters. The summed E-state index contributed by atoms with van der Waals surface area (Å²) in [6, 6.07) is 9.54. The highest BCUT2D eigenvalue weighted by molar-refractivity contribution is 7.19. The molecule has 2 N–H and O–H groups in total. The van der Waals surface area contributed by atoms with Crippen molar-refractivity contribution in [3.8, 4) is 17.2 Å². The van der Waals surface area contributed by atoms with Crippen LogP contribution in [0.3, 0.4) is 0 Å². The van der Waals surface area contributed by atoms with Gasteiger partial charge in [0.25, 0.3) is 11.8 Å². The minimum absolute atomic E-state index is 0.0764. The summed E-state index contributed by atoms with van der Waals surface area (Å²) in [5.74, 6) is -0.559. The molecule has 2 aromatic carbocycles. The van der Waals surface area contributed by atoms with E-state index < -0.39 is 24.4 Å². The normalized spacial score (nSPS) is 10.4. The molecule has 12 heteroatoms. The number of hydrogen-bond acceptors (Lipinski definition) is 8. The highest BCUT2D eigenvalue weighted by atomic mass is 35.5. The van der Waals surface area contributed by atoms with Crippen LogP contribution in [0.2, 0.25) is 10.0 Å². The highest BCUT2D eigenvalue weighted by Crippen LogP contribution is 2.36. The van der Waals surface area contributed by atoms with E-state index in [1.165, 1.54) is 26.4 Å². The van der Waals surface area contributed by atoms with Crippen LogP contribution in [0.1, 0.15) is 32.5 Å². The topological polar surface area (TPSA) is 112 Å². The molecule has 196 valence electrons. The molecule has 0 bridgehead atoms. The first-order valence-corrected chi connectivity index (χ1v) is 12.5. The third-order valence-corrected chi connectivity index (χ3v) is 6.73. The van der Waals surface area contributed by atoms with Gasteiger partial charge < -0.3 is 29.6 Å². The molecule has 2 amide bonds. The van der Waals surface area contributed by atoms with E-state index in [1.807, 2.05) is 0 Å². The maximum absolute atomic E-state index is 13.2. The van der Waals surface area contributed by atoms with Crippen LogP contribution in [-0.4, -0.2) is 45.2 Å². The van der Waals surface area contributed by atoms with Gasteiger partial charge in [-0.05, 0) is 49.7 Å². The molecule has 0 saturated heterocycles. The molecule has 0 atom stereocenters. The Labute approximate surface area is 227 Å². The van der Waals surface area contributed by atoms with Crippen LogP contribution < -0.4 is 24.8 Å². The maximum Gasteiger partial charge on any atom is 0.341 e. The van der Waals surface area contributed by atoms with E-state index >= 15 is 0 Å². The number of rotatable bonds is 10. The standard InChI is InChI=1S/C25H24Cl2N2O7S/c1-5-35-25(32)21-13(2)22(23(31)28-17-11-15(33-3)7-9-19(17)34-4)37-24(21)29-20(30)12-36-18-8-6-14(26)10-16(18)27/h6-11H,5,12H2,1-4H3,(H,28,31)(H,29,30). The van der Waals surface area contributed by atoms with Gasteiger partial charge in [-0.25, -0.2) is 4.79 Å². The number of anilines is 2. The van der Waals surface area contributed by atoms with Gasteiger partial charge in [-0.15, -0.1) is 11.3 Å². The van der Waals surface area contributed by atoms with Gasteiger partial charge in [-0.3, -0.25) is 9.59 Å². The van der Waals surface area contributed by atoms with Crippen molar-refractivity contribution in [2.45, 2.75) is 13.8 Å². The second-order valence-electron chi connectivity index (χ2n) is 7.41. The van der Waals surface area contributed by atoms with Crippen molar-refractivity contribution in [3.05, 3.63) is 62.4 Å². The number of thiophene rings is 1. The second-order valence-corrected chi connectivity index (χ2v) is 9.28. The van der Waals surface area contributed by atoms with Gasteiger partial charge in [0.05, 0.1) is 42.0 Å². The van der Waals surface area contributed by atoms with Gasteiger partial charge in [-0.1, -0.05) is 23.2 Å². The summed E-state index contributed by atoms with van der Waals surface area (Å²) in [5.41, 5.74) is 0.795. The molecule has 0 saturated carbocycles. The largest absolute Gasteiger partial charge is 0.497 e. The number of halogens is 2. The zero-order valence-electron chi connectivity index (χ0n) is 20.4. The third-order valence-electron chi connectivity index (χ3n) is 4.99. The molecule has 0 aliphatic carbocycles. The van der Waals surface area contributed by atoms with E-state index in [-0.39, 0.29) is 32.8 Å². The molecule has 0 radical (unpaired) electrons. The number of benzene rings is 2. The van der Waals surface area contributed by atoms with Gasteiger partial charge >= 0.3 is 5.97 Å². The first-order valence-electron chi connectivity index (χ1n) is 10.9. The zero-order chi connectivity index (χ0) is 27.1. The van der Waals surface area contributed by atoms with Crippen molar-refractivity contribution in [1.82, 2.24) is 0 Å². The lowest BCUT2D eigenvalue weighted by Gasteiger charge is -2.11. The van der Waals surface area contributed by atoms with E-state index in [4.69, 9.17) is 42.1 Å². The molecule has 0 spiro atoms. The number of carbonyl (C=O) groups excluding carboxylic acids is 3. The van der Waals surface area contributed by atoms with E-state index in [0.717, 1.165) is 11.3 Å². The smallest absolute Gasteiger partial charge is 0.341 e. The number of carbonyl (C=O) groups is 3. The number of amides is 2. The Morgan fingerprint density at radius 3 is 2.35 bits per heavy atom. The monoisotopic (exact) mass is 566 g/mol. The molecule has 37 heavy (non-hydrogen) atoms. The summed E-state index contributed by atoms with van der Waals surface area (Å²) in [4.78, 5) is 38.8. The summed E-state index contributed by atoms with van der Waals surface area (Å²) in [6.07, 6.45) is 0. The van der Waals surface area contributed by atoms with Crippen LogP contribution in [0.4, 0.5) is 10.7 Å². The van der Waals surface area contributed by atoms with Crippen molar-refractivity contribution < 1.29 is 33.3 Å². The van der Waals surface area contributed by atoms with E-state index in [2.05, 4.69) is 10.6 Å². The Hall–Kier alpha value is -3.47. The van der Waals surface area contributed by atoms with E-state index in [0.29, 0.717) is 27.8 Å². The lowest BCUT2D eigenvalue weighted by Crippen LogP contribution is -2.21.